The van der Waals surface area contributed by atoms with E-state index in [2.05, 4.69) is 38.0 Å². The summed E-state index contributed by atoms with van der Waals surface area (Å²) in [6.45, 7) is 10.8. The Morgan fingerprint density at radius 3 is 2.59 bits per heavy atom. The monoisotopic (exact) mass is 236 g/mol. The molecule has 1 N–H and O–H groups in total. The van der Waals surface area contributed by atoms with Crippen LogP contribution in [0.25, 0.3) is 0 Å². The van der Waals surface area contributed by atoms with E-state index in [4.69, 9.17) is 4.74 Å². The molecule has 17 heavy (non-hydrogen) atoms. The minimum Gasteiger partial charge on any atom is -0.369 e. The second kappa shape index (κ2) is 6.72. The molecular formula is C14H24N2O. The van der Waals surface area contributed by atoms with Crippen LogP contribution in [0.3, 0.4) is 0 Å². The van der Waals surface area contributed by atoms with Gasteiger partial charge in [0.2, 0.25) is 0 Å². The van der Waals surface area contributed by atoms with E-state index < -0.39 is 0 Å². The maximum absolute atomic E-state index is 5.84. The number of rotatable bonds is 7. The standard InChI is InChI=1S/C14H24N2O/c1-5-14(3,4)17-11-13-9-7-8-12(16-13)10-15-6-2/h7-9,15H,5-6,10-11H2,1-4H3. The molecule has 3 heteroatoms. The Kier molecular flexibility index (Phi) is 5.59. The molecule has 0 aliphatic heterocycles. The second-order valence-electron chi connectivity index (χ2n) is 4.80. The van der Waals surface area contributed by atoms with Crippen molar-refractivity contribution in [2.45, 2.75) is 52.9 Å². The number of nitrogens with one attached hydrogen (secondary N) is 1. The van der Waals surface area contributed by atoms with E-state index in [1.807, 2.05) is 18.2 Å². The van der Waals surface area contributed by atoms with Crippen molar-refractivity contribution in [2.75, 3.05) is 6.54 Å². The Balaban J connectivity index is 2.53. The molecule has 96 valence electrons. The molecule has 3 nitrogen and oxygen atoms in total. The van der Waals surface area contributed by atoms with Gasteiger partial charge in [-0.1, -0.05) is 19.9 Å². The molecule has 1 aromatic rings. The lowest BCUT2D eigenvalue weighted by molar-refractivity contribution is -0.0330. The summed E-state index contributed by atoms with van der Waals surface area (Å²) in [7, 11) is 0. The molecule has 0 spiro atoms. The average molecular weight is 236 g/mol. The van der Waals surface area contributed by atoms with E-state index >= 15 is 0 Å². The highest BCUT2D eigenvalue weighted by Crippen LogP contribution is 2.15. The van der Waals surface area contributed by atoms with Gasteiger partial charge >= 0.3 is 0 Å². The van der Waals surface area contributed by atoms with Crippen molar-refractivity contribution < 1.29 is 4.74 Å². The van der Waals surface area contributed by atoms with Crippen LogP contribution in [0.5, 0.6) is 0 Å². The molecule has 0 unspecified atom stereocenters. The van der Waals surface area contributed by atoms with Gasteiger partial charge < -0.3 is 10.1 Å². The van der Waals surface area contributed by atoms with Gasteiger partial charge in [-0.25, -0.2) is 0 Å². The molecule has 0 saturated carbocycles. The third kappa shape index (κ3) is 5.29. The van der Waals surface area contributed by atoms with Crippen LogP contribution < -0.4 is 5.32 Å². The first-order chi connectivity index (χ1) is 8.07. The van der Waals surface area contributed by atoms with Crippen LogP contribution in [0.2, 0.25) is 0 Å². The lowest BCUT2D eigenvalue weighted by Gasteiger charge is -2.23. The molecule has 1 rings (SSSR count). The van der Waals surface area contributed by atoms with Gasteiger partial charge in [0.05, 0.1) is 23.6 Å². The van der Waals surface area contributed by atoms with Crippen LogP contribution in [0.4, 0.5) is 0 Å². The van der Waals surface area contributed by atoms with Gasteiger partial charge in [0.25, 0.3) is 0 Å². The Morgan fingerprint density at radius 1 is 1.24 bits per heavy atom. The lowest BCUT2D eigenvalue weighted by atomic mass is 10.1. The SMILES string of the molecule is CCNCc1cccc(COC(C)(C)CC)n1. The molecule has 1 heterocycles. The van der Waals surface area contributed by atoms with Gasteiger partial charge in [0.15, 0.2) is 0 Å². The average Bonchev–Trinajstić information content (AvgIpc) is 2.35. The zero-order valence-electron chi connectivity index (χ0n) is 11.4. The third-order valence-electron chi connectivity index (χ3n) is 2.88. The van der Waals surface area contributed by atoms with Crippen LogP contribution in [-0.2, 0) is 17.9 Å². The Labute approximate surface area is 105 Å². The van der Waals surface area contributed by atoms with E-state index in [0.717, 1.165) is 30.9 Å². The molecule has 1 aromatic heterocycles. The molecule has 0 bridgehead atoms. The molecule has 0 saturated heterocycles. The fourth-order valence-electron chi connectivity index (χ4n) is 1.33. The molecule has 0 aliphatic carbocycles. The minimum atomic E-state index is -0.0701. The van der Waals surface area contributed by atoms with Gasteiger partial charge in [0.1, 0.15) is 0 Å². The number of nitrogens with zero attached hydrogens (tertiary/aromatic N) is 1. The summed E-state index contributed by atoms with van der Waals surface area (Å²) in [4.78, 5) is 4.56. The van der Waals surface area contributed by atoms with Crippen molar-refractivity contribution in [3.63, 3.8) is 0 Å². The molecular weight excluding hydrogens is 212 g/mol. The number of hydrogen-bond acceptors (Lipinski definition) is 3. The summed E-state index contributed by atoms with van der Waals surface area (Å²) < 4.78 is 5.84. The quantitative estimate of drug-likeness (QED) is 0.790. The first-order valence-corrected chi connectivity index (χ1v) is 6.37. The normalized spacial score (nSPS) is 11.8. The smallest absolute Gasteiger partial charge is 0.0895 e. The first kappa shape index (κ1) is 14.1. The van der Waals surface area contributed by atoms with Gasteiger partial charge in [0, 0.05) is 6.54 Å². The Bertz CT molecular complexity index is 337. The minimum absolute atomic E-state index is 0.0701. The van der Waals surface area contributed by atoms with Crippen LogP contribution in [0.15, 0.2) is 18.2 Å². The third-order valence-corrected chi connectivity index (χ3v) is 2.88. The fourth-order valence-corrected chi connectivity index (χ4v) is 1.33. The van der Waals surface area contributed by atoms with Gasteiger partial charge in [-0.15, -0.1) is 0 Å². The van der Waals surface area contributed by atoms with Gasteiger partial charge in [-0.3, -0.25) is 4.98 Å². The largest absolute Gasteiger partial charge is 0.369 e. The highest BCUT2D eigenvalue weighted by molar-refractivity contribution is 5.10. The fraction of sp³-hybridized carbons (Fsp3) is 0.643. The van der Waals surface area contributed by atoms with E-state index in [9.17, 15) is 0 Å². The zero-order valence-corrected chi connectivity index (χ0v) is 11.4. The van der Waals surface area contributed by atoms with Crippen molar-refractivity contribution in [1.82, 2.24) is 10.3 Å². The van der Waals surface area contributed by atoms with Crippen molar-refractivity contribution in [3.05, 3.63) is 29.6 Å². The summed E-state index contributed by atoms with van der Waals surface area (Å²) in [5.41, 5.74) is 2.00. The summed E-state index contributed by atoms with van der Waals surface area (Å²) >= 11 is 0. The molecule has 0 aliphatic rings. The molecule has 0 atom stereocenters. The highest BCUT2D eigenvalue weighted by atomic mass is 16.5. The van der Waals surface area contributed by atoms with E-state index in [1.165, 1.54) is 0 Å². The second-order valence-corrected chi connectivity index (χ2v) is 4.80. The molecule has 0 fully saturated rings. The zero-order chi connectivity index (χ0) is 12.7. The molecule has 0 radical (unpaired) electrons. The van der Waals surface area contributed by atoms with E-state index in [1.54, 1.807) is 0 Å². The van der Waals surface area contributed by atoms with Crippen LogP contribution in [0.1, 0.15) is 45.5 Å². The predicted molar refractivity (Wildman–Crippen MR) is 70.8 cm³/mol. The number of aromatic nitrogens is 1. The van der Waals surface area contributed by atoms with Crippen molar-refractivity contribution in [2.24, 2.45) is 0 Å². The lowest BCUT2D eigenvalue weighted by Crippen LogP contribution is -2.23. The summed E-state index contributed by atoms with van der Waals surface area (Å²) in [5.74, 6) is 0. The maximum atomic E-state index is 5.84. The Morgan fingerprint density at radius 2 is 1.94 bits per heavy atom. The number of hydrogen-bond donors (Lipinski definition) is 1. The van der Waals surface area contributed by atoms with E-state index in [0.29, 0.717) is 6.61 Å². The van der Waals surface area contributed by atoms with Crippen LogP contribution >= 0.6 is 0 Å². The summed E-state index contributed by atoms with van der Waals surface area (Å²) in [6, 6.07) is 6.09. The topological polar surface area (TPSA) is 34.1 Å². The first-order valence-electron chi connectivity index (χ1n) is 6.37. The Hall–Kier alpha value is -0.930. The van der Waals surface area contributed by atoms with E-state index in [-0.39, 0.29) is 5.60 Å². The van der Waals surface area contributed by atoms with Crippen LogP contribution in [-0.4, -0.2) is 17.1 Å². The number of ether oxygens (including phenoxy) is 1. The van der Waals surface area contributed by atoms with Crippen molar-refractivity contribution in [1.29, 1.82) is 0 Å². The van der Waals surface area contributed by atoms with Gasteiger partial charge in [-0.2, -0.15) is 0 Å². The summed E-state index contributed by atoms with van der Waals surface area (Å²) in [6.07, 6.45) is 1.00. The van der Waals surface area contributed by atoms with Crippen molar-refractivity contribution >= 4 is 0 Å². The predicted octanol–water partition coefficient (Wildman–Crippen LogP) is 2.90. The van der Waals surface area contributed by atoms with Crippen LogP contribution in [0, 0.1) is 0 Å². The van der Waals surface area contributed by atoms with Gasteiger partial charge in [-0.05, 0) is 38.9 Å². The maximum Gasteiger partial charge on any atom is 0.0895 e. The number of pyridine rings is 1. The molecule has 0 aromatic carbocycles. The molecule has 0 amide bonds. The summed E-state index contributed by atoms with van der Waals surface area (Å²) in [5, 5.41) is 3.27. The van der Waals surface area contributed by atoms with Crippen molar-refractivity contribution in [3.8, 4) is 0 Å². The highest BCUT2D eigenvalue weighted by Gasteiger charge is 2.15.